The molecule has 3 atom stereocenters. The van der Waals surface area contributed by atoms with Crippen LogP contribution in [0.4, 0.5) is 0 Å². The molecule has 0 bridgehead atoms. The van der Waals surface area contributed by atoms with Crippen LogP contribution in [0.25, 0.3) is 0 Å². The van der Waals surface area contributed by atoms with Crippen molar-refractivity contribution in [1.29, 1.82) is 0 Å². The first kappa shape index (κ1) is 12.0. The van der Waals surface area contributed by atoms with Gasteiger partial charge in [-0.05, 0) is 44.8 Å². The third kappa shape index (κ3) is 2.71. The van der Waals surface area contributed by atoms with Crippen molar-refractivity contribution in [2.45, 2.75) is 45.6 Å². The largest absolute Gasteiger partial charge is 0.330 e. The summed E-state index contributed by atoms with van der Waals surface area (Å²) in [5.74, 6) is 1.68. The summed E-state index contributed by atoms with van der Waals surface area (Å²) in [5.41, 5.74) is 5.85. The Kier molecular flexibility index (Phi) is 4.90. The van der Waals surface area contributed by atoms with E-state index in [4.69, 9.17) is 5.73 Å². The fourth-order valence-corrected chi connectivity index (χ4v) is 2.71. The van der Waals surface area contributed by atoms with E-state index in [1.54, 1.807) is 0 Å². The molecule has 0 saturated heterocycles. The van der Waals surface area contributed by atoms with E-state index < -0.39 is 0 Å². The Morgan fingerprint density at radius 2 is 2.00 bits per heavy atom. The van der Waals surface area contributed by atoms with Crippen molar-refractivity contribution in [3.8, 4) is 0 Å². The van der Waals surface area contributed by atoms with E-state index in [2.05, 4.69) is 25.8 Å². The summed E-state index contributed by atoms with van der Waals surface area (Å²) >= 11 is 0. The van der Waals surface area contributed by atoms with Crippen LogP contribution in [-0.2, 0) is 0 Å². The van der Waals surface area contributed by atoms with Crippen LogP contribution in [0.1, 0.15) is 39.5 Å². The minimum atomic E-state index is 0.739. The van der Waals surface area contributed by atoms with Gasteiger partial charge in [-0.15, -0.1) is 0 Å². The second-order valence-electron chi connectivity index (χ2n) is 4.72. The first-order chi connectivity index (χ1) is 6.72. The molecule has 84 valence electrons. The quantitative estimate of drug-likeness (QED) is 0.749. The van der Waals surface area contributed by atoms with Gasteiger partial charge in [-0.2, -0.15) is 0 Å². The zero-order valence-corrected chi connectivity index (χ0v) is 10.00. The summed E-state index contributed by atoms with van der Waals surface area (Å²) in [6.07, 6.45) is 5.44. The van der Waals surface area contributed by atoms with Gasteiger partial charge in [-0.1, -0.05) is 26.7 Å². The van der Waals surface area contributed by atoms with E-state index in [0.29, 0.717) is 0 Å². The lowest BCUT2D eigenvalue weighted by molar-refractivity contribution is 0.106. The molecule has 1 aliphatic carbocycles. The molecular formula is C12H26N2. The average molecular weight is 198 g/mol. The van der Waals surface area contributed by atoms with E-state index >= 15 is 0 Å². The van der Waals surface area contributed by atoms with Gasteiger partial charge in [0, 0.05) is 6.04 Å². The highest BCUT2D eigenvalue weighted by molar-refractivity contribution is 4.85. The Bertz CT molecular complexity index is 158. The predicted octanol–water partition coefficient (Wildman–Crippen LogP) is 2.09. The molecule has 3 unspecified atom stereocenters. The smallest absolute Gasteiger partial charge is 0.0135 e. The van der Waals surface area contributed by atoms with Crippen LogP contribution in [-0.4, -0.2) is 31.1 Å². The summed E-state index contributed by atoms with van der Waals surface area (Å²) in [4.78, 5) is 2.49. The van der Waals surface area contributed by atoms with Gasteiger partial charge in [-0.3, -0.25) is 0 Å². The third-order valence-electron chi connectivity index (χ3n) is 4.01. The van der Waals surface area contributed by atoms with E-state index in [9.17, 15) is 0 Å². The van der Waals surface area contributed by atoms with Crippen LogP contribution in [0, 0.1) is 11.8 Å². The van der Waals surface area contributed by atoms with E-state index in [1.807, 2.05) is 0 Å². The van der Waals surface area contributed by atoms with Crippen molar-refractivity contribution in [2.24, 2.45) is 17.6 Å². The zero-order chi connectivity index (χ0) is 10.6. The highest BCUT2D eigenvalue weighted by atomic mass is 15.1. The summed E-state index contributed by atoms with van der Waals surface area (Å²) in [7, 11) is 2.24. The molecule has 0 heterocycles. The van der Waals surface area contributed by atoms with Crippen molar-refractivity contribution in [3.63, 3.8) is 0 Å². The molecule has 2 heteroatoms. The molecule has 2 N–H and O–H groups in total. The van der Waals surface area contributed by atoms with Crippen molar-refractivity contribution >= 4 is 0 Å². The van der Waals surface area contributed by atoms with Crippen molar-refractivity contribution in [3.05, 3.63) is 0 Å². The van der Waals surface area contributed by atoms with E-state index in [1.165, 1.54) is 25.7 Å². The second kappa shape index (κ2) is 5.72. The molecule has 1 rings (SSSR count). The Hall–Kier alpha value is -0.0800. The summed E-state index contributed by atoms with van der Waals surface area (Å²) < 4.78 is 0. The Labute approximate surface area is 88.8 Å². The Morgan fingerprint density at radius 3 is 2.50 bits per heavy atom. The molecule has 0 aromatic rings. The Morgan fingerprint density at radius 1 is 1.29 bits per heavy atom. The first-order valence-electron chi connectivity index (χ1n) is 6.13. The lowest BCUT2D eigenvalue weighted by Gasteiger charge is -2.40. The van der Waals surface area contributed by atoms with Gasteiger partial charge in [0.05, 0.1) is 0 Å². The molecule has 1 aliphatic rings. The highest BCUT2D eigenvalue weighted by Gasteiger charge is 2.30. The van der Waals surface area contributed by atoms with Crippen molar-refractivity contribution < 1.29 is 0 Å². The molecule has 0 aromatic heterocycles. The Balaban J connectivity index is 2.55. The first-order valence-corrected chi connectivity index (χ1v) is 6.13. The molecule has 0 aliphatic heterocycles. The van der Waals surface area contributed by atoms with Gasteiger partial charge in [0.15, 0.2) is 0 Å². The van der Waals surface area contributed by atoms with Gasteiger partial charge in [0.2, 0.25) is 0 Å². The maximum atomic E-state index is 5.85. The van der Waals surface area contributed by atoms with Crippen LogP contribution in [0.3, 0.4) is 0 Å². The SMILES string of the molecule is CCC1CCC(CN)C(N(C)CC)C1. The lowest BCUT2D eigenvalue weighted by atomic mass is 9.76. The highest BCUT2D eigenvalue weighted by Crippen LogP contribution is 2.32. The van der Waals surface area contributed by atoms with Crippen LogP contribution < -0.4 is 5.73 Å². The molecule has 2 nitrogen and oxygen atoms in total. The maximum absolute atomic E-state index is 5.85. The standard InChI is InChI=1S/C12H26N2/c1-4-10-6-7-11(9-13)12(8-10)14(3)5-2/h10-12H,4-9,13H2,1-3H3. The molecule has 0 aromatic carbocycles. The van der Waals surface area contributed by atoms with Gasteiger partial charge < -0.3 is 10.6 Å². The average Bonchev–Trinajstić information content (AvgIpc) is 2.27. The molecule has 0 radical (unpaired) electrons. The van der Waals surface area contributed by atoms with Crippen LogP contribution >= 0.6 is 0 Å². The summed E-state index contributed by atoms with van der Waals surface area (Å²) in [6.45, 7) is 6.57. The lowest BCUT2D eigenvalue weighted by Crippen LogP contribution is -2.44. The molecule has 1 saturated carbocycles. The van der Waals surface area contributed by atoms with Gasteiger partial charge in [0.1, 0.15) is 0 Å². The van der Waals surface area contributed by atoms with E-state index in [-0.39, 0.29) is 0 Å². The number of hydrogen-bond donors (Lipinski definition) is 1. The second-order valence-corrected chi connectivity index (χ2v) is 4.72. The van der Waals surface area contributed by atoms with Crippen LogP contribution in [0.5, 0.6) is 0 Å². The number of hydrogen-bond acceptors (Lipinski definition) is 2. The monoisotopic (exact) mass is 198 g/mol. The minimum Gasteiger partial charge on any atom is -0.330 e. The number of rotatable bonds is 4. The fourth-order valence-electron chi connectivity index (χ4n) is 2.71. The van der Waals surface area contributed by atoms with Gasteiger partial charge in [0.25, 0.3) is 0 Å². The normalized spacial score (nSPS) is 33.6. The fraction of sp³-hybridized carbons (Fsp3) is 1.00. The molecule has 14 heavy (non-hydrogen) atoms. The van der Waals surface area contributed by atoms with Gasteiger partial charge in [-0.25, -0.2) is 0 Å². The number of nitrogens with two attached hydrogens (primary N) is 1. The summed E-state index contributed by atoms with van der Waals surface area (Å²) in [6, 6.07) is 0.740. The number of nitrogens with zero attached hydrogens (tertiary/aromatic N) is 1. The molecule has 0 spiro atoms. The molecule has 1 fully saturated rings. The maximum Gasteiger partial charge on any atom is 0.0135 e. The summed E-state index contributed by atoms with van der Waals surface area (Å²) in [5, 5.41) is 0. The topological polar surface area (TPSA) is 29.3 Å². The third-order valence-corrected chi connectivity index (χ3v) is 4.01. The molecular weight excluding hydrogens is 172 g/mol. The van der Waals surface area contributed by atoms with Gasteiger partial charge >= 0.3 is 0 Å². The predicted molar refractivity (Wildman–Crippen MR) is 62.3 cm³/mol. The minimum absolute atomic E-state index is 0.739. The van der Waals surface area contributed by atoms with Crippen molar-refractivity contribution in [2.75, 3.05) is 20.1 Å². The van der Waals surface area contributed by atoms with E-state index in [0.717, 1.165) is 31.0 Å². The molecule has 0 amide bonds. The van der Waals surface area contributed by atoms with Crippen LogP contribution in [0.15, 0.2) is 0 Å². The zero-order valence-electron chi connectivity index (χ0n) is 10.00. The van der Waals surface area contributed by atoms with Crippen LogP contribution in [0.2, 0.25) is 0 Å². The van der Waals surface area contributed by atoms with Crippen molar-refractivity contribution in [1.82, 2.24) is 4.90 Å².